The van der Waals surface area contributed by atoms with Gasteiger partial charge in [0.05, 0.1) is 6.10 Å². The second-order valence-corrected chi connectivity index (χ2v) is 7.27. The van der Waals surface area contributed by atoms with Gasteiger partial charge in [0.25, 0.3) is 0 Å². The van der Waals surface area contributed by atoms with E-state index in [0.29, 0.717) is 18.3 Å². The number of benzene rings is 1. The molecular weight excluding hydrogens is 320 g/mol. The smallest absolute Gasteiger partial charge is 0.303 e. The molecule has 3 atom stereocenters. The highest BCUT2D eigenvalue weighted by Gasteiger charge is 2.24. The van der Waals surface area contributed by atoms with Crippen molar-refractivity contribution in [3.05, 3.63) is 60.2 Å². The van der Waals surface area contributed by atoms with Crippen LogP contribution in [-0.2, 0) is 4.79 Å². The van der Waals surface area contributed by atoms with E-state index >= 15 is 0 Å². The van der Waals surface area contributed by atoms with Gasteiger partial charge < -0.3 is 10.2 Å². The lowest BCUT2D eigenvalue weighted by atomic mass is 9.91. The summed E-state index contributed by atoms with van der Waals surface area (Å²) < 4.78 is 0. The van der Waals surface area contributed by atoms with Gasteiger partial charge in [0.1, 0.15) is 0 Å². The second-order valence-electron chi connectivity index (χ2n) is 6.19. The Labute approximate surface area is 148 Å². The van der Waals surface area contributed by atoms with Crippen molar-refractivity contribution in [1.82, 2.24) is 0 Å². The highest BCUT2D eigenvalue weighted by atomic mass is 32.2. The van der Waals surface area contributed by atoms with Crippen molar-refractivity contribution in [2.24, 2.45) is 11.8 Å². The van der Waals surface area contributed by atoms with Gasteiger partial charge >= 0.3 is 5.97 Å². The van der Waals surface area contributed by atoms with Crippen LogP contribution in [0.15, 0.2) is 54.6 Å². The molecule has 2 N–H and O–H groups in total. The summed E-state index contributed by atoms with van der Waals surface area (Å²) in [6.07, 6.45) is 10.6. The zero-order valence-corrected chi connectivity index (χ0v) is 14.7. The van der Waals surface area contributed by atoms with Gasteiger partial charge in [-0.3, -0.25) is 4.79 Å². The number of rotatable bonds is 9. The van der Waals surface area contributed by atoms with Gasteiger partial charge in [-0.25, -0.2) is 0 Å². The van der Waals surface area contributed by atoms with Crippen LogP contribution in [0, 0.1) is 11.8 Å². The third-order valence-electron chi connectivity index (χ3n) is 4.30. The first-order valence-electron chi connectivity index (χ1n) is 8.52. The minimum absolute atomic E-state index is 0.242. The van der Waals surface area contributed by atoms with E-state index in [1.54, 1.807) is 0 Å². The van der Waals surface area contributed by atoms with Crippen molar-refractivity contribution < 1.29 is 15.0 Å². The van der Waals surface area contributed by atoms with Crippen LogP contribution in [0.4, 0.5) is 0 Å². The number of carboxylic acid groups (broad SMARTS) is 1. The molecule has 1 aliphatic rings. The molecule has 0 amide bonds. The normalized spacial score (nSPS) is 22.4. The number of hydrogen-bond donors (Lipinski definition) is 2. The molecule has 1 aromatic carbocycles. The van der Waals surface area contributed by atoms with E-state index in [-0.39, 0.29) is 6.42 Å². The second kappa shape index (κ2) is 10.4. The van der Waals surface area contributed by atoms with Crippen molar-refractivity contribution >= 4 is 17.7 Å². The number of aliphatic hydroxyl groups is 1. The lowest BCUT2D eigenvalue weighted by Gasteiger charge is -2.14. The summed E-state index contributed by atoms with van der Waals surface area (Å²) in [5.41, 5.74) is 0.925. The van der Waals surface area contributed by atoms with Crippen LogP contribution >= 0.6 is 11.8 Å². The van der Waals surface area contributed by atoms with Crippen molar-refractivity contribution in [2.45, 2.75) is 31.8 Å². The highest BCUT2D eigenvalue weighted by molar-refractivity contribution is 7.99. The molecule has 24 heavy (non-hydrogen) atoms. The molecule has 1 heterocycles. The Balaban J connectivity index is 1.77. The standard InChI is InChI=1S/C20H26O3S/c21-19(16-8-5-3-6-9-16)13-12-18-15-24-14-17(18)10-4-1-2-7-11-20(22)23/h1,3-6,8-9,12-13,17-19,21H,2,7,10-11,14-15H2,(H,22,23)/b4-1-,13-12+/t17-,18+,19?/m0/s1. The fourth-order valence-corrected chi connectivity index (χ4v) is 4.32. The average molecular weight is 346 g/mol. The Bertz CT molecular complexity index is 553. The fraction of sp³-hybridized carbons (Fsp3) is 0.450. The van der Waals surface area contributed by atoms with E-state index in [1.807, 2.05) is 48.2 Å². The van der Waals surface area contributed by atoms with Gasteiger partial charge in [-0.1, -0.05) is 54.6 Å². The van der Waals surface area contributed by atoms with Crippen LogP contribution in [0.5, 0.6) is 0 Å². The van der Waals surface area contributed by atoms with Gasteiger partial charge in [-0.05, 0) is 48.2 Å². The van der Waals surface area contributed by atoms with E-state index in [4.69, 9.17) is 5.11 Å². The zero-order chi connectivity index (χ0) is 17.2. The number of carboxylic acids is 1. The Morgan fingerprint density at radius 3 is 2.79 bits per heavy atom. The van der Waals surface area contributed by atoms with E-state index in [1.165, 1.54) is 0 Å². The summed E-state index contributed by atoms with van der Waals surface area (Å²) in [5, 5.41) is 18.8. The zero-order valence-electron chi connectivity index (χ0n) is 13.9. The lowest BCUT2D eigenvalue weighted by molar-refractivity contribution is -0.137. The Morgan fingerprint density at radius 2 is 2.04 bits per heavy atom. The van der Waals surface area contributed by atoms with Gasteiger partial charge in [0.2, 0.25) is 0 Å². The molecule has 0 radical (unpaired) electrons. The maximum absolute atomic E-state index is 10.5. The summed E-state index contributed by atoms with van der Waals surface area (Å²) in [6, 6.07) is 9.71. The SMILES string of the molecule is O=C(O)CCC/C=C\C[C@H]1CSC[C@H]1/C=C/C(O)c1ccccc1. The number of carbonyl (C=O) groups is 1. The number of thioether (sulfide) groups is 1. The minimum atomic E-state index is -0.724. The number of aliphatic carboxylic acids is 1. The number of hydrogen-bond acceptors (Lipinski definition) is 3. The first-order valence-corrected chi connectivity index (χ1v) is 9.68. The molecule has 130 valence electrons. The predicted octanol–water partition coefficient (Wildman–Crippen LogP) is 4.46. The molecule has 0 aromatic heterocycles. The molecule has 4 heteroatoms. The Hall–Kier alpha value is -1.52. The van der Waals surface area contributed by atoms with Crippen molar-refractivity contribution in [3.8, 4) is 0 Å². The van der Waals surface area contributed by atoms with Crippen LogP contribution in [0.25, 0.3) is 0 Å². The van der Waals surface area contributed by atoms with E-state index in [2.05, 4.69) is 18.2 Å². The molecule has 1 unspecified atom stereocenters. The molecule has 1 saturated heterocycles. The van der Waals surface area contributed by atoms with Crippen LogP contribution in [0.1, 0.15) is 37.4 Å². The van der Waals surface area contributed by atoms with Gasteiger partial charge in [0.15, 0.2) is 0 Å². The number of allylic oxidation sites excluding steroid dienone is 3. The molecule has 3 nitrogen and oxygen atoms in total. The summed E-state index contributed by atoms with van der Waals surface area (Å²) in [5.74, 6) is 2.63. The summed E-state index contributed by atoms with van der Waals surface area (Å²) >= 11 is 1.97. The summed E-state index contributed by atoms with van der Waals surface area (Å²) in [4.78, 5) is 10.5. The number of unbranched alkanes of at least 4 members (excludes halogenated alkanes) is 1. The Kier molecular flexibility index (Phi) is 8.13. The van der Waals surface area contributed by atoms with Gasteiger partial charge in [0, 0.05) is 6.42 Å². The molecule has 1 aromatic rings. The molecule has 2 rings (SSSR count). The quantitative estimate of drug-likeness (QED) is 0.512. The molecule has 0 bridgehead atoms. The van der Waals surface area contributed by atoms with Crippen LogP contribution in [-0.4, -0.2) is 27.7 Å². The molecule has 0 spiro atoms. The third kappa shape index (κ3) is 6.54. The van der Waals surface area contributed by atoms with E-state index in [9.17, 15) is 9.90 Å². The molecule has 1 aliphatic heterocycles. The third-order valence-corrected chi connectivity index (χ3v) is 5.58. The molecule has 1 fully saturated rings. The largest absolute Gasteiger partial charge is 0.481 e. The van der Waals surface area contributed by atoms with Gasteiger partial charge in [-0.15, -0.1) is 0 Å². The topological polar surface area (TPSA) is 57.5 Å². The summed E-state index contributed by atoms with van der Waals surface area (Å²) in [6.45, 7) is 0. The van der Waals surface area contributed by atoms with Crippen molar-refractivity contribution in [1.29, 1.82) is 0 Å². The maximum Gasteiger partial charge on any atom is 0.303 e. The maximum atomic E-state index is 10.5. The highest BCUT2D eigenvalue weighted by Crippen LogP contribution is 2.34. The number of aliphatic hydroxyl groups excluding tert-OH is 1. The molecule has 0 aliphatic carbocycles. The Morgan fingerprint density at radius 1 is 1.25 bits per heavy atom. The van der Waals surface area contributed by atoms with Crippen LogP contribution in [0.2, 0.25) is 0 Å². The minimum Gasteiger partial charge on any atom is -0.481 e. The predicted molar refractivity (Wildman–Crippen MR) is 100 cm³/mol. The van der Waals surface area contributed by atoms with Crippen LogP contribution in [0.3, 0.4) is 0 Å². The summed E-state index contributed by atoms with van der Waals surface area (Å²) in [7, 11) is 0. The molecular formula is C20H26O3S. The fourth-order valence-electron chi connectivity index (χ4n) is 2.84. The average Bonchev–Trinajstić information content (AvgIpc) is 3.03. The first-order chi connectivity index (χ1) is 11.7. The van der Waals surface area contributed by atoms with Crippen molar-refractivity contribution in [3.63, 3.8) is 0 Å². The molecule has 0 saturated carbocycles. The van der Waals surface area contributed by atoms with Crippen molar-refractivity contribution in [2.75, 3.05) is 11.5 Å². The van der Waals surface area contributed by atoms with Crippen LogP contribution < -0.4 is 0 Å². The van der Waals surface area contributed by atoms with E-state index in [0.717, 1.165) is 29.9 Å². The lowest BCUT2D eigenvalue weighted by Crippen LogP contribution is -2.09. The first kappa shape index (κ1) is 18.8. The van der Waals surface area contributed by atoms with E-state index < -0.39 is 12.1 Å². The van der Waals surface area contributed by atoms with Gasteiger partial charge in [-0.2, -0.15) is 11.8 Å². The monoisotopic (exact) mass is 346 g/mol.